The molecule has 3 aromatic rings. The number of hydrogen-bond acceptors (Lipinski definition) is 6. The first-order chi connectivity index (χ1) is 14.0. The Morgan fingerprint density at radius 2 is 2.07 bits per heavy atom. The van der Waals surface area contributed by atoms with Gasteiger partial charge < -0.3 is 4.74 Å². The Morgan fingerprint density at radius 1 is 1.28 bits per heavy atom. The van der Waals surface area contributed by atoms with E-state index in [-0.39, 0.29) is 5.91 Å². The number of thiazole rings is 1. The van der Waals surface area contributed by atoms with Crippen molar-refractivity contribution in [1.82, 2.24) is 19.7 Å². The molecule has 0 bridgehead atoms. The Labute approximate surface area is 174 Å². The summed E-state index contributed by atoms with van der Waals surface area (Å²) in [5, 5.41) is 4.92. The molecule has 1 aromatic carbocycles. The molecule has 1 saturated heterocycles. The second-order valence-corrected chi connectivity index (χ2v) is 8.54. The van der Waals surface area contributed by atoms with E-state index in [9.17, 15) is 4.79 Å². The molecular weight excluding hydrogens is 386 g/mol. The van der Waals surface area contributed by atoms with E-state index < -0.39 is 0 Å². The van der Waals surface area contributed by atoms with Gasteiger partial charge in [0.1, 0.15) is 5.69 Å². The average molecular weight is 414 g/mol. The number of nitrogens with zero attached hydrogens (tertiary/aromatic N) is 5. The highest BCUT2D eigenvalue weighted by Crippen LogP contribution is 2.32. The molecule has 1 fully saturated rings. The van der Waals surface area contributed by atoms with Crippen molar-refractivity contribution in [2.45, 2.75) is 20.3 Å². The molecule has 1 aliphatic heterocycles. The number of ether oxygens (including phenoxy) is 1. The number of fused-ring (bicyclic) bond motifs is 1. The molecule has 154 valence electrons. The summed E-state index contributed by atoms with van der Waals surface area (Å²) < 4.78 is 8.17. The summed E-state index contributed by atoms with van der Waals surface area (Å²) >= 11 is 1.58. The number of morpholine rings is 1. The van der Waals surface area contributed by atoms with Gasteiger partial charge in [-0.2, -0.15) is 5.10 Å². The topological polar surface area (TPSA) is 63.5 Å². The first-order valence-electron chi connectivity index (χ1n) is 10.0. The van der Waals surface area contributed by atoms with Crippen LogP contribution >= 0.6 is 11.3 Å². The fourth-order valence-corrected chi connectivity index (χ4v) is 4.92. The number of hydrogen-bond donors (Lipinski definition) is 0. The number of carbonyl (C=O) groups excluding carboxylic acids is 1. The highest BCUT2D eigenvalue weighted by atomic mass is 32.1. The van der Waals surface area contributed by atoms with Crippen LogP contribution in [-0.4, -0.2) is 65.0 Å². The lowest BCUT2D eigenvalue weighted by Gasteiger charge is -2.27. The molecule has 0 radical (unpaired) electrons. The van der Waals surface area contributed by atoms with E-state index >= 15 is 0 Å². The molecule has 0 saturated carbocycles. The molecule has 0 N–H and O–H groups in total. The third-order valence-corrected chi connectivity index (χ3v) is 6.32. The summed E-state index contributed by atoms with van der Waals surface area (Å²) in [7, 11) is 1.80. The minimum atomic E-state index is -0.0552. The van der Waals surface area contributed by atoms with Crippen LogP contribution < -0.4 is 4.90 Å². The number of anilines is 1. The van der Waals surface area contributed by atoms with Crippen LogP contribution in [0.5, 0.6) is 0 Å². The normalized spacial score (nSPS) is 15.1. The molecule has 1 aliphatic rings. The van der Waals surface area contributed by atoms with Gasteiger partial charge in [-0.05, 0) is 43.5 Å². The van der Waals surface area contributed by atoms with Gasteiger partial charge in [0.2, 0.25) is 0 Å². The fourth-order valence-electron chi connectivity index (χ4n) is 3.76. The van der Waals surface area contributed by atoms with Crippen LogP contribution in [0.1, 0.15) is 28.0 Å². The van der Waals surface area contributed by atoms with E-state index in [1.165, 1.54) is 5.56 Å². The maximum Gasteiger partial charge on any atom is 0.278 e. The molecule has 0 atom stereocenters. The quantitative estimate of drug-likeness (QED) is 0.622. The maximum atomic E-state index is 13.3. The van der Waals surface area contributed by atoms with E-state index in [0.29, 0.717) is 12.2 Å². The van der Waals surface area contributed by atoms with Gasteiger partial charge in [0.05, 0.1) is 23.4 Å². The van der Waals surface area contributed by atoms with Crippen molar-refractivity contribution in [3.63, 3.8) is 0 Å². The molecular formula is C21H27N5O2S. The van der Waals surface area contributed by atoms with Crippen molar-refractivity contribution in [3.05, 3.63) is 41.2 Å². The zero-order chi connectivity index (χ0) is 20.4. The third-order valence-electron chi connectivity index (χ3n) is 5.29. The Balaban J connectivity index is 1.60. The van der Waals surface area contributed by atoms with E-state index in [1.807, 2.05) is 4.90 Å². The molecule has 29 heavy (non-hydrogen) atoms. The van der Waals surface area contributed by atoms with E-state index in [1.54, 1.807) is 35.3 Å². The van der Waals surface area contributed by atoms with Crippen LogP contribution in [0.2, 0.25) is 0 Å². The van der Waals surface area contributed by atoms with Crippen molar-refractivity contribution in [2.75, 3.05) is 44.3 Å². The summed E-state index contributed by atoms with van der Waals surface area (Å²) in [4.78, 5) is 22.4. The first-order valence-corrected chi connectivity index (χ1v) is 10.8. The predicted octanol–water partition coefficient (Wildman–Crippen LogP) is 3.02. The van der Waals surface area contributed by atoms with Crippen LogP contribution in [0.4, 0.5) is 5.13 Å². The fraction of sp³-hybridized carbons (Fsp3) is 0.476. The van der Waals surface area contributed by atoms with Crippen LogP contribution in [0.15, 0.2) is 24.4 Å². The van der Waals surface area contributed by atoms with Crippen LogP contribution in [0.25, 0.3) is 10.2 Å². The molecule has 0 aliphatic carbocycles. The van der Waals surface area contributed by atoms with Gasteiger partial charge in [-0.1, -0.05) is 17.4 Å². The number of aryl methyl sites for hydroxylation is 3. The van der Waals surface area contributed by atoms with Crippen LogP contribution in [-0.2, 0) is 11.8 Å². The largest absolute Gasteiger partial charge is 0.379 e. The predicted molar refractivity (Wildman–Crippen MR) is 116 cm³/mol. The van der Waals surface area contributed by atoms with Crippen LogP contribution in [0.3, 0.4) is 0 Å². The number of rotatable bonds is 6. The van der Waals surface area contributed by atoms with E-state index in [2.05, 4.69) is 36.0 Å². The Kier molecular flexibility index (Phi) is 5.94. The van der Waals surface area contributed by atoms with Gasteiger partial charge in [0.15, 0.2) is 5.13 Å². The lowest BCUT2D eigenvalue weighted by atomic mass is 10.1. The molecule has 0 unspecified atom stereocenters. The van der Waals surface area contributed by atoms with Crippen molar-refractivity contribution in [2.24, 2.45) is 7.05 Å². The number of carbonyl (C=O) groups is 1. The van der Waals surface area contributed by atoms with E-state index in [0.717, 1.165) is 60.2 Å². The summed E-state index contributed by atoms with van der Waals surface area (Å²) in [6, 6.07) is 6.04. The summed E-state index contributed by atoms with van der Waals surface area (Å²) in [5.41, 5.74) is 3.90. The van der Waals surface area contributed by atoms with Crippen molar-refractivity contribution >= 4 is 32.6 Å². The second kappa shape index (κ2) is 8.61. The molecule has 0 spiro atoms. The third kappa shape index (κ3) is 4.34. The molecule has 1 amide bonds. The summed E-state index contributed by atoms with van der Waals surface area (Å²) in [6.45, 7) is 9.21. The molecule has 8 heteroatoms. The number of benzene rings is 1. The number of aromatic nitrogens is 3. The molecule has 3 heterocycles. The van der Waals surface area contributed by atoms with Crippen molar-refractivity contribution in [1.29, 1.82) is 0 Å². The van der Waals surface area contributed by atoms with Gasteiger partial charge in [-0.25, -0.2) is 4.98 Å². The Bertz CT molecular complexity index is 1010. The Morgan fingerprint density at radius 3 is 2.79 bits per heavy atom. The minimum Gasteiger partial charge on any atom is -0.379 e. The monoisotopic (exact) mass is 413 g/mol. The van der Waals surface area contributed by atoms with Gasteiger partial charge in [-0.3, -0.25) is 19.3 Å². The molecule has 2 aromatic heterocycles. The minimum absolute atomic E-state index is 0.0552. The van der Waals surface area contributed by atoms with E-state index in [4.69, 9.17) is 9.72 Å². The smallest absolute Gasteiger partial charge is 0.278 e. The average Bonchev–Trinajstić information content (AvgIpc) is 3.32. The summed E-state index contributed by atoms with van der Waals surface area (Å²) in [5.74, 6) is -0.0552. The number of amides is 1. The SMILES string of the molecule is Cc1cc(C)c2nc(N(CCCN3CCOCC3)C(=O)c3ccnn3C)sc2c1. The zero-order valence-corrected chi connectivity index (χ0v) is 18.0. The molecule has 4 rings (SSSR count). The van der Waals surface area contributed by atoms with Gasteiger partial charge >= 0.3 is 0 Å². The standard InChI is InChI=1S/C21H27N5O2S/c1-15-13-16(2)19-18(14-15)29-21(23-19)26(20(27)17-5-6-22-24(17)3)8-4-7-25-9-11-28-12-10-25/h5-6,13-14H,4,7-12H2,1-3H3. The van der Waals surface area contributed by atoms with Gasteiger partial charge in [-0.15, -0.1) is 0 Å². The van der Waals surface area contributed by atoms with Gasteiger partial charge in [0.25, 0.3) is 5.91 Å². The maximum absolute atomic E-state index is 13.3. The zero-order valence-electron chi connectivity index (χ0n) is 17.2. The molecule has 7 nitrogen and oxygen atoms in total. The highest BCUT2D eigenvalue weighted by molar-refractivity contribution is 7.22. The summed E-state index contributed by atoms with van der Waals surface area (Å²) in [6.07, 6.45) is 2.54. The lowest BCUT2D eigenvalue weighted by Crippen LogP contribution is -2.39. The first kappa shape index (κ1) is 20.0. The van der Waals surface area contributed by atoms with Crippen molar-refractivity contribution < 1.29 is 9.53 Å². The van der Waals surface area contributed by atoms with Gasteiger partial charge in [0, 0.05) is 39.4 Å². The lowest BCUT2D eigenvalue weighted by molar-refractivity contribution is 0.0376. The van der Waals surface area contributed by atoms with Crippen molar-refractivity contribution in [3.8, 4) is 0 Å². The second-order valence-electron chi connectivity index (χ2n) is 7.53. The van der Waals surface area contributed by atoms with Crippen LogP contribution in [0, 0.1) is 13.8 Å². The highest BCUT2D eigenvalue weighted by Gasteiger charge is 2.24. The Hall–Kier alpha value is -2.29.